The predicted molar refractivity (Wildman–Crippen MR) is 484 cm³/mol. The number of nitrogens with one attached hydrogen (secondary N) is 14. The number of imidazole rings is 1. The van der Waals surface area contributed by atoms with Crippen molar-refractivity contribution in [2.24, 2.45) is 23.1 Å². The molecule has 0 unspecified atom stereocenters. The third-order valence-electron chi connectivity index (χ3n) is 22.6. The number of aromatic amines is 2. The number of H-pyrrole nitrogens is 2. The van der Waals surface area contributed by atoms with E-state index in [2.05, 4.69) is 73.4 Å². The number of aliphatic hydroxyl groups excluding tert-OH is 1. The lowest BCUT2D eigenvalue weighted by molar-refractivity contribution is -0.149. The van der Waals surface area contributed by atoms with Crippen LogP contribution in [0.1, 0.15) is 134 Å². The smallest absolute Gasteiger partial charge is 0.246 e. The van der Waals surface area contributed by atoms with Gasteiger partial charge in [0, 0.05) is 102 Å². The predicted octanol–water partition coefficient (Wildman–Crippen LogP) is -2.61. The number of likely N-dealkylation sites (N-methyl/N-ethyl adjacent to an activating group) is 4. The van der Waals surface area contributed by atoms with Crippen molar-refractivity contribution in [2.45, 2.75) is 216 Å². The molecule has 2 aliphatic rings. The molecule has 5 aromatic rings. The molecule has 2 saturated heterocycles. The van der Waals surface area contributed by atoms with Crippen molar-refractivity contribution in [3.05, 3.63) is 120 Å². The van der Waals surface area contributed by atoms with Crippen LogP contribution >= 0.6 is 11.8 Å². The molecule has 0 spiro atoms. The second-order valence-corrected chi connectivity index (χ2v) is 34.2. The molecule has 131 heavy (non-hydrogen) atoms. The molecule has 4 heterocycles. The first kappa shape index (κ1) is 105. The van der Waals surface area contributed by atoms with Crippen molar-refractivity contribution in [1.29, 1.82) is 5.41 Å². The number of unbranched alkanes of at least 4 members (excludes halogenated alkanes) is 2. The first-order valence-corrected chi connectivity index (χ1v) is 44.9. The van der Waals surface area contributed by atoms with E-state index in [-0.39, 0.29) is 89.6 Å². The minimum Gasteiger partial charge on any atom is -0.497 e. The maximum Gasteiger partial charge on any atom is 0.246 e. The molecule has 42 nitrogen and oxygen atoms in total. The number of hydrogen-bond donors (Lipinski definition) is 18. The maximum absolute atomic E-state index is 15.7. The number of nitrogens with zero attached hydrogens (tertiary/aromatic N) is 6. The number of carbonyl (C=O) groups excluding carboxylic acids is 17. The number of thioether (sulfide) groups is 1. The molecule has 0 saturated carbocycles. The normalized spacial score (nSPS) is 23.5. The van der Waals surface area contributed by atoms with Gasteiger partial charge in [-0.05, 0) is 92.7 Å². The third kappa shape index (κ3) is 31.9. The van der Waals surface area contributed by atoms with Crippen LogP contribution < -0.4 is 80.4 Å². The molecular formula is C88H127N23O19S. The molecule has 0 bridgehead atoms. The fourth-order valence-corrected chi connectivity index (χ4v) is 16.2. The fourth-order valence-electron chi connectivity index (χ4n) is 15.3. The SMILES string of the molecule is CCCC[C@H]1C(=O)N(C)[C@@H](CCCC)C(=O)N[C@@H](CCCNC(=N)N)C(=O)N[C@H](C(=O)NCC(N)=O)CSCC(=O)N[C@@H](Cc2ccccc2)C(=O)N(C)[C@@H](C)C(=O)N[C@@H](CC(N)=O)C(=O)N2CCC[C@H]2C(=O)N[C@@H](Cc2cnc[nH]2)C(=O)N[C@@H](CC(C)C)C(=O)N(C)CC(=O)N[C@@H](Cc2cccc(OC)c2)C(=O)N[C@@H](CO)C(=O)N[C@@H](Cc2c[nH]c3ccccc23)C(=O)N1C. The number of amides is 17. The molecule has 3 aromatic carbocycles. The fraction of sp³-hybridized carbons (Fsp3) is 0.534. The molecule has 714 valence electrons. The molecule has 43 heteroatoms. The van der Waals surface area contributed by atoms with Gasteiger partial charge in [0.05, 0.1) is 45.3 Å². The number of hydrogen-bond acceptors (Lipinski definition) is 22. The Morgan fingerprint density at radius 1 is 0.580 bits per heavy atom. The Balaban J connectivity index is 1.30. The Kier molecular flexibility index (Phi) is 41.5. The Labute approximate surface area is 764 Å². The number of methoxy groups -OCH3 is 1. The second kappa shape index (κ2) is 51.8. The van der Waals surface area contributed by atoms with Crippen LogP contribution in [-0.2, 0) is 107 Å². The summed E-state index contributed by atoms with van der Waals surface area (Å²) in [5.74, 6) is -16.9. The van der Waals surface area contributed by atoms with Gasteiger partial charge in [-0.25, -0.2) is 4.98 Å². The van der Waals surface area contributed by atoms with E-state index in [4.69, 9.17) is 27.3 Å². The number of primary amides is 2. The van der Waals surface area contributed by atoms with E-state index in [1.54, 1.807) is 98.9 Å². The van der Waals surface area contributed by atoms with Gasteiger partial charge in [-0.1, -0.05) is 114 Å². The Morgan fingerprint density at radius 3 is 1.82 bits per heavy atom. The summed E-state index contributed by atoms with van der Waals surface area (Å²) in [5, 5.41) is 48.6. The number of fused-ring (bicyclic) bond motifs is 2. The van der Waals surface area contributed by atoms with Crippen LogP contribution in [0.25, 0.3) is 10.9 Å². The van der Waals surface area contributed by atoms with Crippen LogP contribution in [0, 0.1) is 11.3 Å². The van der Waals surface area contributed by atoms with E-state index in [1.807, 2.05) is 13.8 Å². The molecule has 21 N–H and O–H groups in total. The van der Waals surface area contributed by atoms with Crippen molar-refractivity contribution >= 4 is 129 Å². The minimum atomic E-state index is -1.86. The van der Waals surface area contributed by atoms with Crippen LogP contribution in [-0.4, -0.2) is 309 Å². The number of nitrogens with two attached hydrogens (primary N) is 3. The highest BCUT2D eigenvalue weighted by Gasteiger charge is 2.44. The summed E-state index contributed by atoms with van der Waals surface area (Å²) in [6.07, 6.45) is 4.31. The number of para-hydroxylation sites is 1. The topological polar surface area (TPSA) is 615 Å². The van der Waals surface area contributed by atoms with Crippen LogP contribution in [0.4, 0.5) is 0 Å². The number of benzene rings is 3. The summed E-state index contributed by atoms with van der Waals surface area (Å²) < 4.78 is 5.47. The van der Waals surface area contributed by atoms with E-state index in [9.17, 15) is 67.4 Å². The first-order valence-electron chi connectivity index (χ1n) is 43.7. The average molecular weight is 1840 g/mol. The molecule has 17 amide bonds. The quantitative estimate of drug-likeness (QED) is 0.0145. The number of aliphatic hydroxyl groups is 1. The van der Waals surface area contributed by atoms with Gasteiger partial charge in [0.1, 0.15) is 84.3 Å². The van der Waals surface area contributed by atoms with Gasteiger partial charge in [-0.3, -0.25) is 86.9 Å². The second-order valence-electron chi connectivity index (χ2n) is 33.1. The highest BCUT2D eigenvalue weighted by atomic mass is 32.2. The van der Waals surface area contributed by atoms with Gasteiger partial charge in [-0.15, -0.1) is 11.8 Å². The zero-order chi connectivity index (χ0) is 96.3. The third-order valence-corrected chi connectivity index (χ3v) is 23.6. The van der Waals surface area contributed by atoms with Gasteiger partial charge < -0.3 is 120 Å². The molecule has 0 aliphatic carbocycles. The standard InChI is InChI=1S/C88H127N23O19S/c1-11-13-30-68-81(123)100-59(29-21-33-94-88(91)92)77(119)106-67(76(118)96-44-72(90)114)47-131-48-74(116)99-63(37-52-23-16-15-17-24-52)84(126)108(7)51(5)75(117)102-65(41-71(89)113)86(128)111-34-22-32-69(111)82(124)101-61(40-55-43-93-49-97-55)79(121)103-62(35-50(3)4)83(125)107(6)45-73(115)98-60(38-53-25-20-26-56(36-53)130-10)78(120)105-66(46-112)80(122)104-64(39-54-42-95-58-28-19-18-27-57(54)58)85(127)110(9)70(31-14-12-2)87(129)109(68)8/h15-20,23-28,36,42-43,49-51,59-70,95,112H,11-14,21-22,29-35,37-41,44-48H2,1-10H3,(H2,89,113)(H2,90,114)(H,93,97)(H,96,118)(H,98,115)(H,99,116)(H,100,123)(H,101,124)(H,102,117)(H,103,121)(H,104,122)(H,105,120)(H,106,119)(H4,91,92,94)/t51-,59-,60-,61-,62-,63-,64-,65-,66-,67-,68-,69-,70-/m0/s1. The lowest BCUT2D eigenvalue weighted by Crippen LogP contribution is -2.61. The van der Waals surface area contributed by atoms with Crippen molar-refractivity contribution in [1.82, 2.24) is 97.9 Å². The molecule has 2 aliphatic heterocycles. The molecular weight excluding hydrogens is 1720 g/mol. The number of aromatic nitrogens is 3. The summed E-state index contributed by atoms with van der Waals surface area (Å²) in [4.78, 5) is 263. The maximum atomic E-state index is 15.7. The van der Waals surface area contributed by atoms with Crippen molar-refractivity contribution in [2.75, 3.05) is 79.6 Å². The van der Waals surface area contributed by atoms with E-state index in [0.29, 0.717) is 64.7 Å². The Bertz CT molecular complexity index is 4810. The zero-order valence-electron chi connectivity index (χ0n) is 75.7. The first-order chi connectivity index (χ1) is 62.4. The molecule has 2 aromatic heterocycles. The monoisotopic (exact) mass is 1840 g/mol. The largest absolute Gasteiger partial charge is 0.497 e. The van der Waals surface area contributed by atoms with E-state index in [0.717, 1.165) is 36.3 Å². The van der Waals surface area contributed by atoms with E-state index < -0.39 is 223 Å². The van der Waals surface area contributed by atoms with Crippen molar-refractivity contribution in [3.8, 4) is 5.75 Å². The number of rotatable bonds is 27. The molecule has 13 atom stereocenters. The highest BCUT2D eigenvalue weighted by molar-refractivity contribution is 8.00. The van der Waals surface area contributed by atoms with Crippen LogP contribution in [0.2, 0.25) is 0 Å². The van der Waals surface area contributed by atoms with Crippen LogP contribution in [0.5, 0.6) is 5.75 Å². The highest BCUT2D eigenvalue weighted by Crippen LogP contribution is 2.26. The lowest BCUT2D eigenvalue weighted by Gasteiger charge is -2.36. The lowest BCUT2D eigenvalue weighted by atomic mass is 10.00. The summed E-state index contributed by atoms with van der Waals surface area (Å²) in [6, 6.07) is 2.22. The van der Waals surface area contributed by atoms with Crippen LogP contribution in [0.3, 0.4) is 0 Å². The van der Waals surface area contributed by atoms with Gasteiger partial charge >= 0.3 is 0 Å². The van der Waals surface area contributed by atoms with Gasteiger partial charge in [0.15, 0.2) is 5.96 Å². The number of carbonyl (C=O) groups is 17. The Morgan fingerprint density at radius 2 is 1.17 bits per heavy atom. The van der Waals surface area contributed by atoms with E-state index >= 15 is 19.2 Å². The summed E-state index contributed by atoms with van der Waals surface area (Å²) in [6.45, 7) is 5.88. The minimum absolute atomic E-state index is 0.0000449. The Hall–Kier alpha value is -13.2. The van der Waals surface area contributed by atoms with Gasteiger partial charge in [0.25, 0.3) is 0 Å². The summed E-state index contributed by atoms with van der Waals surface area (Å²) in [7, 11) is 6.64. The van der Waals surface area contributed by atoms with Crippen LogP contribution in [0.15, 0.2) is 97.6 Å². The summed E-state index contributed by atoms with van der Waals surface area (Å²) in [5.41, 5.74) is 19.3. The molecule has 0 radical (unpaired) electrons. The zero-order valence-corrected chi connectivity index (χ0v) is 76.5. The molecule has 7 rings (SSSR count). The van der Waals surface area contributed by atoms with Crippen molar-refractivity contribution in [3.63, 3.8) is 0 Å². The van der Waals surface area contributed by atoms with Gasteiger partial charge in [-0.2, -0.15) is 0 Å². The average Bonchev–Trinajstić information content (AvgIpc) is 1.48. The van der Waals surface area contributed by atoms with Crippen molar-refractivity contribution < 1.29 is 91.4 Å². The van der Waals surface area contributed by atoms with E-state index in [1.165, 1.54) is 54.7 Å². The molecule has 2 fully saturated rings. The number of guanidine groups is 1. The van der Waals surface area contributed by atoms with Gasteiger partial charge in [0.2, 0.25) is 100 Å². The number of ether oxygens (including phenoxy) is 1. The summed E-state index contributed by atoms with van der Waals surface area (Å²) >= 11 is 0.793.